The number of carbonyl (C=O) groups is 1. The van der Waals surface area contributed by atoms with Crippen molar-refractivity contribution in [3.63, 3.8) is 0 Å². The van der Waals surface area contributed by atoms with Crippen LogP contribution < -0.4 is 9.47 Å². The first-order valence-corrected chi connectivity index (χ1v) is 7.21. The van der Waals surface area contributed by atoms with Gasteiger partial charge in [-0.05, 0) is 35.9 Å². The fourth-order valence-electron chi connectivity index (χ4n) is 2.83. The lowest BCUT2D eigenvalue weighted by Gasteiger charge is -2.17. The van der Waals surface area contributed by atoms with Gasteiger partial charge >= 0.3 is 0 Å². The Morgan fingerprint density at radius 3 is 2.70 bits per heavy atom. The maximum absolute atomic E-state index is 13.1. The summed E-state index contributed by atoms with van der Waals surface area (Å²) in [6, 6.07) is 11.5. The molecule has 6 heteroatoms. The SMILES string of the molecule is O=CN1N=C(c2ccc3c(c2)OCO3)C[C@@H]1c1ccc(F)cc1. The van der Waals surface area contributed by atoms with E-state index in [1.807, 2.05) is 18.2 Å². The molecule has 1 amide bonds. The number of hydrazone groups is 1. The highest BCUT2D eigenvalue weighted by Crippen LogP contribution is 2.36. The number of carbonyl (C=O) groups excluding carboxylic acids is 1. The van der Waals surface area contributed by atoms with Gasteiger partial charge in [0.1, 0.15) is 5.82 Å². The van der Waals surface area contributed by atoms with Gasteiger partial charge in [0.25, 0.3) is 0 Å². The summed E-state index contributed by atoms with van der Waals surface area (Å²) in [6.45, 7) is 0.212. The molecule has 4 rings (SSSR count). The fourth-order valence-corrected chi connectivity index (χ4v) is 2.83. The molecule has 116 valence electrons. The molecule has 0 spiro atoms. The maximum atomic E-state index is 13.1. The second-order valence-corrected chi connectivity index (χ2v) is 5.37. The Hall–Kier alpha value is -2.89. The number of hydrogen-bond acceptors (Lipinski definition) is 4. The lowest BCUT2D eigenvalue weighted by atomic mass is 9.98. The number of halogens is 1. The highest BCUT2D eigenvalue weighted by Gasteiger charge is 2.29. The number of nitrogens with zero attached hydrogens (tertiary/aromatic N) is 2. The van der Waals surface area contributed by atoms with Crippen LogP contribution in [-0.2, 0) is 4.79 Å². The molecule has 0 saturated carbocycles. The van der Waals surface area contributed by atoms with E-state index in [-0.39, 0.29) is 18.7 Å². The topological polar surface area (TPSA) is 51.1 Å². The molecule has 23 heavy (non-hydrogen) atoms. The van der Waals surface area contributed by atoms with Crippen molar-refractivity contribution in [2.75, 3.05) is 6.79 Å². The minimum atomic E-state index is -0.304. The number of fused-ring (bicyclic) bond motifs is 1. The monoisotopic (exact) mass is 312 g/mol. The summed E-state index contributed by atoms with van der Waals surface area (Å²) < 4.78 is 23.8. The Morgan fingerprint density at radius 1 is 1.13 bits per heavy atom. The molecule has 2 aliphatic heterocycles. The van der Waals surface area contributed by atoms with E-state index in [1.54, 1.807) is 12.1 Å². The Labute approximate surface area is 131 Å². The Bertz CT molecular complexity index is 789. The predicted molar refractivity (Wildman–Crippen MR) is 80.8 cm³/mol. The van der Waals surface area contributed by atoms with Crippen LogP contribution in [0.5, 0.6) is 11.5 Å². The van der Waals surface area contributed by atoms with Gasteiger partial charge < -0.3 is 9.47 Å². The normalized spacial score (nSPS) is 18.9. The highest BCUT2D eigenvalue weighted by molar-refractivity contribution is 6.03. The van der Waals surface area contributed by atoms with E-state index >= 15 is 0 Å². The van der Waals surface area contributed by atoms with E-state index in [9.17, 15) is 9.18 Å². The summed E-state index contributed by atoms with van der Waals surface area (Å²) in [5.41, 5.74) is 2.51. The van der Waals surface area contributed by atoms with Crippen molar-refractivity contribution < 1.29 is 18.7 Å². The number of ether oxygens (including phenoxy) is 2. The molecular weight excluding hydrogens is 299 g/mol. The molecule has 0 unspecified atom stereocenters. The van der Waals surface area contributed by atoms with Gasteiger partial charge in [0.05, 0.1) is 11.8 Å². The van der Waals surface area contributed by atoms with Crippen LogP contribution in [0.2, 0.25) is 0 Å². The Morgan fingerprint density at radius 2 is 1.91 bits per heavy atom. The molecule has 0 aliphatic carbocycles. The first-order chi connectivity index (χ1) is 11.2. The van der Waals surface area contributed by atoms with Crippen molar-refractivity contribution in [1.29, 1.82) is 0 Å². The van der Waals surface area contributed by atoms with Crippen LogP contribution in [0.15, 0.2) is 47.6 Å². The third-order valence-corrected chi connectivity index (χ3v) is 4.01. The van der Waals surface area contributed by atoms with Crippen LogP contribution in [0.3, 0.4) is 0 Å². The van der Waals surface area contributed by atoms with Crippen molar-refractivity contribution in [2.45, 2.75) is 12.5 Å². The van der Waals surface area contributed by atoms with Crippen LogP contribution >= 0.6 is 0 Å². The zero-order valence-corrected chi connectivity index (χ0v) is 12.1. The van der Waals surface area contributed by atoms with E-state index in [1.165, 1.54) is 17.1 Å². The fraction of sp³-hybridized carbons (Fsp3) is 0.176. The largest absolute Gasteiger partial charge is 0.454 e. The molecule has 2 aromatic carbocycles. The quantitative estimate of drug-likeness (QED) is 0.819. The first kappa shape index (κ1) is 13.8. The van der Waals surface area contributed by atoms with Gasteiger partial charge in [-0.25, -0.2) is 9.40 Å². The smallest absolute Gasteiger partial charge is 0.231 e. The average Bonchev–Trinajstić information content (AvgIpc) is 3.21. The minimum Gasteiger partial charge on any atom is -0.454 e. The molecule has 1 atom stereocenters. The van der Waals surface area contributed by atoms with Crippen LogP contribution in [0, 0.1) is 5.82 Å². The number of amides is 1. The Kier molecular flexibility index (Phi) is 3.22. The van der Waals surface area contributed by atoms with Gasteiger partial charge in [-0.3, -0.25) is 4.79 Å². The number of benzene rings is 2. The molecule has 2 aliphatic rings. The molecule has 0 aromatic heterocycles. The molecule has 0 radical (unpaired) electrons. The summed E-state index contributed by atoms with van der Waals surface area (Å²) in [6.07, 6.45) is 1.25. The molecule has 0 bridgehead atoms. The number of hydrogen-bond donors (Lipinski definition) is 0. The lowest BCUT2D eigenvalue weighted by molar-refractivity contribution is -0.119. The van der Waals surface area contributed by atoms with Crippen LogP contribution in [0.25, 0.3) is 0 Å². The summed E-state index contributed by atoms with van der Waals surface area (Å²) >= 11 is 0. The van der Waals surface area contributed by atoms with Crippen molar-refractivity contribution in [1.82, 2.24) is 5.01 Å². The van der Waals surface area contributed by atoms with Gasteiger partial charge in [-0.1, -0.05) is 12.1 Å². The van der Waals surface area contributed by atoms with Crippen molar-refractivity contribution >= 4 is 12.1 Å². The van der Waals surface area contributed by atoms with E-state index in [0.717, 1.165) is 16.8 Å². The predicted octanol–water partition coefficient (Wildman–Crippen LogP) is 2.86. The molecule has 0 saturated heterocycles. The maximum Gasteiger partial charge on any atom is 0.231 e. The van der Waals surface area contributed by atoms with Crippen LogP contribution in [0.4, 0.5) is 4.39 Å². The molecule has 2 heterocycles. The lowest BCUT2D eigenvalue weighted by Crippen LogP contribution is -2.17. The van der Waals surface area contributed by atoms with Crippen molar-refractivity contribution in [3.8, 4) is 11.5 Å². The molecular formula is C17H13FN2O3. The standard InChI is InChI=1S/C17H13FN2O3/c18-13-4-1-11(2-5-13)15-8-14(19-20(15)9-21)12-3-6-16-17(7-12)23-10-22-16/h1-7,9,15H,8,10H2/t15-/m1/s1. The van der Waals surface area contributed by atoms with Crippen molar-refractivity contribution in [2.24, 2.45) is 5.10 Å². The second kappa shape index (κ2) is 5.39. The van der Waals surface area contributed by atoms with E-state index in [4.69, 9.17) is 9.47 Å². The van der Waals surface area contributed by atoms with Gasteiger partial charge in [0, 0.05) is 12.0 Å². The second-order valence-electron chi connectivity index (χ2n) is 5.37. The van der Waals surface area contributed by atoms with Gasteiger partial charge in [0.15, 0.2) is 11.5 Å². The van der Waals surface area contributed by atoms with Crippen LogP contribution in [-0.4, -0.2) is 23.9 Å². The van der Waals surface area contributed by atoms with E-state index in [2.05, 4.69) is 5.10 Å². The average molecular weight is 312 g/mol. The molecule has 5 nitrogen and oxygen atoms in total. The molecule has 2 aromatic rings. The van der Waals surface area contributed by atoms with Crippen molar-refractivity contribution in [3.05, 3.63) is 59.4 Å². The zero-order valence-electron chi connectivity index (χ0n) is 12.1. The van der Waals surface area contributed by atoms with Gasteiger partial charge in [-0.15, -0.1) is 0 Å². The van der Waals surface area contributed by atoms with Gasteiger partial charge in [0.2, 0.25) is 13.2 Å². The molecule has 0 N–H and O–H groups in total. The van der Waals surface area contributed by atoms with E-state index in [0.29, 0.717) is 24.3 Å². The van der Waals surface area contributed by atoms with Crippen LogP contribution in [0.1, 0.15) is 23.6 Å². The summed E-state index contributed by atoms with van der Waals surface area (Å²) in [5, 5.41) is 5.74. The Balaban J connectivity index is 1.63. The first-order valence-electron chi connectivity index (χ1n) is 7.21. The third-order valence-electron chi connectivity index (χ3n) is 4.01. The number of rotatable bonds is 3. The summed E-state index contributed by atoms with van der Waals surface area (Å²) in [4.78, 5) is 11.3. The van der Waals surface area contributed by atoms with Gasteiger partial charge in [-0.2, -0.15) is 5.10 Å². The highest BCUT2D eigenvalue weighted by atomic mass is 19.1. The van der Waals surface area contributed by atoms with E-state index < -0.39 is 0 Å². The summed E-state index contributed by atoms with van der Waals surface area (Å²) in [5.74, 6) is 1.07. The summed E-state index contributed by atoms with van der Waals surface area (Å²) in [7, 11) is 0. The molecule has 0 fully saturated rings. The zero-order chi connectivity index (χ0) is 15.8. The third kappa shape index (κ3) is 2.42. The minimum absolute atomic E-state index is 0.212.